The van der Waals surface area contributed by atoms with Crippen LogP contribution in [-0.4, -0.2) is 13.1 Å². The van der Waals surface area contributed by atoms with Gasteiger partial charge in [-0.25, -0.2) is 0 Å². The number of hydrogen-bond donors (Lipinski definition) is 1. The number of aryl methyl sites for hydroxylation is 1. The van der Waals surface area contributed by atoms with E-state index in [2.05, 4.69) is 43.4 Å². The Labute approximate surface area is 108 Å². The summed E-state index contributed by atoms with van der Waals surface area (Å²) in [4.78, 5) is 0. The van der Waals surface area contributed by atoms with Crippen LogP contribution in [0.3, 0.4) is 0 Å². The van der Waals surface area contributed by atoms with Gasteiger partial charge in [-0.1, -0.05) is 31.5 Å². The summed E-state index contributed by atoms with van der Waals surface area (Å²) >= 11 is 0. The Morgan fingerprint density at radius 2 is 2.28 bits per heavy atom. The maximum Gasteiger partial charge on any atom is 0.137 e. The van der Waals surface area contributed by atoms with Crippen molar-refractivity contribution in [3.63, 3.8) is 0 Å². The van der Waals surface area contributed by atoms with E-state index in [4.69, 9.17) is 4.42 Å². The molecule has 1 aromatic heterocycles. The Balaban J connectivity index is 2.00. The van der Waals surface area contributed by atoms with E-state index in [1.807, 2.05) is 0 Å². The zero-order chi connectivity index (χ0) is 12.5. The SMILES string of the molecule is CCC1CNCCC1c1cc2cccc(C)c2o1. The fourth-order valence-electron chi connectivity index (χ4n) is 3.14. The Kier molecular flexibility index (Phi) is 3.13. The number of hydrogen-bond acceptors (Lipinski definition) is 2. The second kappa shape index (κ2) is 4.77. The summed E-state index contributed by atoms with van der Waals surface area (Å²) in [5, 5.41) is 4.74. The third-order valence-corrected chi connectivity index (χ3v) is 4.26. The van der Waals surface area contributed by atoms with Gasteiger partial charge >= 0.3 is 0 Å². The smallest absolute Gasteiger partial charge is 0.137 e. The molecule has 0 spiro atoms. The zero-order valence-electron chi connectivity index (χ0n) is 11.2. The van der Waals surface area contributed by atoms with Crippen molar-refractivity contribution in [2.75, 3.05) is 13.1 Å². The van der Waals surface area contributed by atoms with Gasteiger partial charge in [0.05, 0.1) is 0 Å². The van der Waals surface area contributed by atoms with Gasteiger partial charge in [-0.2, -0.15) is 0 Å². The van der Waals surface area contributed by atoms with E-state index in [-0.39, 0.29) is 0 Å². The standard InChI is InChI=1S/C16H21NO/c1-3-12-10-17-8-7-14(12)15-9-13-6-4-5-11(2)16(13)18-15/h4-6,9,12,14,17H,3,7-8,10H2,1-2H3. The summed E-state index contributed by atoms with van der Waals surface area (Å²) < 4.78 is 6.14. The number of benzene rings is 1. The number of rotatable bonds is 2. The third-order valence-electron chi connectivity index (χ3n) is 4.26. The maximum absolute atomic E-state index is 6.14. The van der Waals surface area contributed by atoms with Gasteiger partial charge in [0.2, 0.25) is 0 Å². The summed E-state index contributed by atoms with van der Waals surface area (Å²) in [5.74, 6) is 2.48. The quantitative estimate of drug-likeness (QED) is 0.866. The summed E-state index contributed by atoms with van der Waals surface area (Å²) in [6, 6.07) is 8.63. The molecule has 2 aromatic rings. The predicted molar refractivity (Wildman–Crippen MR) is 75.0 cm³/mol. The number of furan rings is 1. The summed E-state index contributed by atoms with van der Waals surface area (Å²) in [6.07, 6.45) is 2.41. The minimum Gasteiger partial charge on any atom is -0.460 e. The molecule has 0 aliphatic carbocycles. The van der Waals surface area contributed by atoms with Gasteiger partial charge in [-0.3, -0.25) is 0 Å². The molecule has 1 saturated heterocycles. The first-order valence-electron chi connectivity index (χ1n) is 6.99. The van der Waals surface area contributed by atoms with Crippen LogP contribution in [0, 0.1) is 12.8 Å². The molecule has 2 heteroatoms. The molecular formula is C16H21NO. The first-order chi connectivity index (χ1) is 8.79. The van der Waals surface area contributed by atoms with Crippen molar-refractivity contribution in [1.29, 1.82) is 0 Å². The van der Waals surface area contributed by atoms with Gasteiger partial charge < -0.3 is 9.73 Å². The molecule has 3 rings (SSSR count). The van der Waals surface area contributed by atoms with Crippen molar-refractivity contribution in [1.82, 2.24) is 5.32 Å². The topological polar surface area (TPSA) is 25.2 Å². The molecule has 1 aliphatic rings. The van der Waals surface area contributed by atoms with Crippen molar-refractivity contribution in [3.8, 4) is 0 Å². The Hall–Kier alpha value is -1.28. The predicted octanol–water partition coefficient (Wildman–Crippen LogP) is 3.84. The molecule has 1 aromatic carbocycles. The van der Waals surface area contributed by atoms with Crippen LogP contribution in [0.5, 0.6) is 0 Å². The molecule has 1 fully saturated rings. The summed E-state index contributed by atoms with van der Waals surface area (Å²) in [7, 11) is 0. The highest BCUT2D eigenvalue weighted by atomic mass is 16.3. The summed E-state index contributed by atoms with van der Waals surface area (Å²) in [5.41, 5.74) is 2.31. The van der Waals surface area contributed by atoms with Crippen molar-refractivity contribution in [3.05, 3.63) is 35.6 Å². The second-order valence-corrected chi connectivity index (χ2v) is 5.41. The summed E-state index contributed by atoms with van der Waals surface area (Å²) in [6.45, 7) is 6.63. The molecule has 96 valence electrons. The Morgan fingerprint density at radius 1 is 1.39 bits per heavy atom. The number of piperidine rings is 1. The van der Waals surface area contributed by atoms with Gasteiger partial charge in [-0.15, -0.1) is 0 Å². The highest BCUT2D eigenvalue weighted by Crippen LogP contribution is 2.36. The van der Waals surface area contributed by atoms with Gasteiger partial charge in [-0.05, 0) is 44.0 Å². The van der Waals surface area contributed by atoms with E-state index in [1.165, 1.54) is 29.6 Å². The lowest BCUT2D eigenvalue weighted by molar-refractivity contribution is 0.286. The molecule has 18 heavy (non-hydrogen) atoms. The number of nitrogens with one attached hydrogen (secondary N) is 1. The van der Waals surface area contributed by atoms with Gasteiger partial charge in [0.15, 0.2) is 0 Å². The molecule has 2 unspecified atom stereocenters. The molecule has 1 aliphatic heterocycles. The van der Waals surface area contributed by atoms with Crippen LogP contribution >= 0.6 is 0 Å². The minimum absolute atomic E-state index is 0.586. The van der Waals surface area contributed by atoms with Crippen LogP contribution in [0.4, 0.5) is 0 Å². The normalized spacial score (nSPS) is 24.6. The van der Waals surface area contributed by atoms with Crippen LogP contribution < -0.4 is 5.32 Å². The highest BCUT2D eigenvalue weighted by molar-refractivity contribution is 5.81. The van der Waals surface area contributed by atoms with E-state index in [0.29, 0.717) is 11.8 Å². The average molecular weight is 243 g/mol. The van der Waals surface area contributed by atoms with Crippen LogP contribution in [0.15, 0.2) is 28.7 Å². The molecule has 1 N–H and O–H groups in total. The van der Waals surface area contributed by atoms with E-state index in [9.17, 15) is 0 Å². The minimum atomic E-state index is 0.586. The van der Waals surface area contributed by atoms with Crippen LogP contribution in [-0.2, 0) is 0 Å². The fourth-order valence-corrected chi connectivity index (χ4v) is 3.14. The van der Waals surface area contributed by atoms with E-state index >= 15 is 0 Å². The molecule has 2 atom stereocenters. The highest BCUT2D eigenvalue weighted by Gasteiger charge is 2.27. The van der Waals surface area contributed by atoms with Crippen LogP contribution in [0.25, 0.3) is 11.0 Å². The molecule has 0 saturated carbocycles. The van der Waals surface area contributed by atoms with Gasteiger partial charge in [0, 0.05) is 11.3 Å². The molecule has 0 radical (unpaired) electrons. The Bertz CT molecular complexity index is 543. The molecule has 2 heterocycles. The van der Waals surface area contributed by atoms with Crippen molar-refractivity contribution in [2.24, 2.45) is 5.92 Å². The van der Waals surface area contributed by atoms with Crippen LogP contribution in [0.1, 0.15) is 37.0 Å². The van der Waals surface area contributed by atoms with Crippen molar-refractivity contribution < 1.29 is 4.42 Å². The Morgan fingerprint density at radius 3 is 3.06 bits per heavy atom. The molecule has 2 nitrogen and oxygen atoms in total. The monoisotopic (exact) mass is 243 g/mol. The zero-order valence-corrected chi connectivity index (χ0v) is 11.2. The first-order valence-corrected chi connectivity index (χ1v) is 6.99. The van der Waals surface area contributed by atoms with Gasteiger partial charge in [0.1, 0.15) is 11.3 Å². The van der Waals surface area contributed by atoms with E-state index < -0.39 is 0 Å². The van der Waals surface area contributed by atoms with E-state index in [0.717, 1.165) is 18.7 Å². The second-order valence-electron chi connectivity index (χ2n) is 5.41. The van der Waals surface area contributed by atoms with Crippen molar-refractivity contribution in [2.45, 2.75) is 32.6 Å². The lowest BCUT2D eigenvalue weighted by Gasteiger charge is -2.29. The largest absolute Gasteiger partial charge is 0.460 e. The number of para-hydroxylation sites is 1. The third kappa shape index (κ3) is 1.95. The van der Waals surface area contributed by atoms with E-state index in [1.54, 1.807) is 0 Å². The molecular weight excluding hydrogens is 222 g/mol. The fraction of sp³-hybridized carbons (Fsp3) is 0.500. The molecule has 0 bridgehead atoms. The number of fused-ring (bicyclic) bond motifs is 1. The average Bonchev–Trinajstić information content (AvgIpc) is 2.84. The van der Waals surface area contributed by atoms with Crippen LogP contribution in [0.2, 0.25) is 0 Å². The van der Waals surface area contributed by atoms with Crippen molar-refractivity contribution >= 4 is 11.0 Å². The maximum atomic E-state index is 6.14. The molecule has 0 amide bonds. The lowest BCUT2D eigenvalue weighted by atomic mass is 9.83. The van der Waals surface area contributed by atoms with Gasteiger partial charge in [0.25, 0.3) is 0 Å². The lowest BCUT2D eigenvalue weighted by Crippen LogP contribution is -2.34. The first kappa shape index (κ1) is 11.8.